The van der Waals surface area contributed by atoms with Crippen LogP contribution in [0.3, 0.4) is 0 Å². The van der Waals surface area contributed by atoms with E-state index in [-0.39, 0.29) is 24.2 Å². The number of nitrogens with one attached hydrogen (secondary N) is 2. The summed E-state index contributed by atoms with van der Waals surface area (Å²) >= 11 is 0. The van der Waals surface area contributed by atoms with E-state index in [1.165, 1.54) is 12.1 Å². The lowest BCUT2D eigenvalue weighted by Gasteiger charge is -2.38. The molecule has 0 radical (unpaired) electrons. The Hall–Kier alpha value is -4.07. The van der Waals surface area contributed by atoms with Gasteiger partial charge >= 0.3 is 0 Å². The summed E-state index contributed by atoms with van der Waals surface area (Å²) in [5, 5.41) is 5.87. The molecule has 200 valence electrons. The molecule has 7 nitrogen and oxygen atoms in total. The number of nitrogens with zero attached hydrogens (tertiary/aromatic N) is 2. The zero-order valence-corrected chi connectivity index (χ0v) is 22.4. The molecular formula is C30H35FN4O3. The van der Waals surface area contributed by atoms with Gasteiger partial charge in [-0.05, 0) is 48.0 Å². The number of rotatable bonds is 7. The third-order valence-electron chi connectivity index (χ3n) is 6.59. The van der Waals surface area contributed by atoms with Gasteiger partial charge in [0.25, 0.3) is 5.91 Å². The molecule has 0 atom stereocenters. The Kier molecular flexibility index (Phi) is 8.20. The molecule has 3 aromatic carbocycles. The molecule has 1 aliphatic rings. The maximum Gasteiger partial charge on any atom is 0.253 e. The predicted octanol–water partition coefficient (Wildman–Crippen LogP) is 5.08. The highest BCUT2D eigenvalue weighted by Crippen LogP contribution is 2.31. The summed E-state index contributed by atoms with van der Waals surface area (Å²) in [7, 11) is 1.67. The number of ether oxygens (including phenoxy) is 1. The second kappa shape index (κ2) is 11.5. The second-order valence-electron chi connectivity index (χ2n) is 10.4. The zero-order valence-electron chi connectivity index (χ0n) is 22.4. The van der Waals surface area contributed by atoms with Gasteiger partial charge in [-0.1, -0.05) is 45.0 Å². The Bertz CT molecular complexity index is 1280. The fourth-order valence-electron chi connectivity index (χ4n) is 4.35. The normalized spacial score (nSPS) is 13.7. The highest BCUT2D eigenvalue weighted by molar-refractivity contribution is 6.02. The summed E-state index contributed by atoms with van der Waals surface area (Å²) in [5.41, 5.74) is 3.11. The lowest BCUT2D eigenvalue weighted by molar-refractivity contribution is -0.123. The van der Waals surface area contributed by atoms with Crippen molar-refractivity contribution >= 4 is 28.9 Å². The minimum absolute atomic E-state index is 0.131. The molecule has 2 N–H and O–H groups in total. The first-order chi connectivity index (χ1) is 18.2. The molecule has 0 saturated carbocycles. The first kappa shape index (κ1) is 27.0. The molecule has 0 aliphatic carbocycles. The van der Waals surface area contributed by atoms with Crippen molar-refractivity contribution in [3.05, 3.63) is 83.7 Å². The average molecular weight is 519 g/mol. The van der Waals surface area contributed by atoms with Gasteiger partial charge in [-0.3, -0.25) is 9.59 Å². The number of amides is 2. The van der Waals surface area contributed by atoms with Crippen molar-refractivity contribution in [2.45, 2.75) is 27.3 Å². The van der Waals surface area contributed by atoms with Crippen molar-refractivity contribution in [3.63, 3.8) is 0 Å². The molecule has 0 aromatic heterocycles. The summed E-state index contributed by atoms with van der Waals surface area (Å²) in [6.07, 6.45) is 0. The van der Waals surface area contributed by atoms with Crippen LogP contribution in [0.1, 0.15) is 36.7 Å². The number of carbonyl (C=O) groups excluding carboxylic acids is 2. The zero-order chi connectivity index (χ0) is 27.3. The van der Waals surface area contributed by atoms with Crippen LogP contribution in [0.2, 0.25) is 0 Å². The van der Waals surface area contributed by atoms with Crippen LogP contribution in [0.25, 0.3) is 0 Å². The molecular weight excluding hydrogens is 483 g/mol. The van der Waals surface area contributed by atoms with Crippen LogP contribution in [0.4, 0.5) is 21.5 Å². The van der Waals surface area contributed by atoms with E-state index >= 15 is 0 Å². The van der Waals surface area contributed by atoms with Gasteiger partial charge in [-0.2, -0.15) is 0 Å². The van der Waals surface area contributed by atoms with Gasteiger partial charge in [0.05, 0.1) is 18.4 Å². The summed E-state index contributed by atoms with van der Waals surface area (Å²) < 4.78 is 18.8. The number of anilines is 3. The SMILES string of the molecule is COc1ccccc1N1CCN(c2ccc(NC(=O)C(C)(C)C)cc2C(=O)NCc2ccc(F)cc2)CC1. The van der Waals surface area contributed by atoms with Gasteiger partial charge in [-0.15, -0.1) is 0 Å². The van der Waals surface area contributed by atoms with E-state index in [4.69, 9.17) is 4.74 Å². The first-order valence-corrected chi connectivity index (χ1v) is 12.8. The molecule has 1 heterocycles. The Morgan fingerprint density at radius 2 is 1.53 bits per heavy atom. The predicted molar refractivity (Wildman–Crippen MR) is 150 cm³/mol. The van der Waals surface area contributed by atoms with Crippen LogP contribution in [0, 0.1) is 11.2 Å². The summed E-state index contributed by atoms with van der Waals surface area (Å²) in [6.45, 7) is 8.74. The topological polar surface area (TPSA) is 73.9 Å². The monoisotopic (exact) mass is 518 g/mol. The highest BCUT2D eigenvalue weighted by Gasteiger charge is 2.25. The van der Waals surface area contributed by atoms with Crippen molar-refractivity contribution in [3.8, 4) is 5.75 Å². The van der Waals surface area contributed by atoms with E-state index < -0.39 is 5.41 Å². The minimum atomic E-state index is -0.571. The molecule has 1 fully saturated rings. The molecule has 3 aromatic rings. The van der Waals surface area contributed by atoms with E-state index in [0.717, 1.165) is 35.8 Å². The number of hydrogen-bond acceptors (Lipinski definition) is 5. The lowest BCUT2D eigenvalue weighted by Crippen LogP contribution is -2.47. The van der Waals surface area contributed by atoms with Gasteiger partial charge in [0, 0.05) is 49.5 Å². The van der Waals surface area contributed by atoms with Crippen LogP contribution < -0.4 is 25.2 Å². The Labute approximate surface area is 223 Å². The van der Waals surface area contributed by atoms with Crippen molar-refractivity contribution in [2.75, 3.05) is 48.4 Å². The number of hydrogen-bond donors (Lipinski definition) is 2. The summed E-state index contributed by atoms with van der Waals surface area (Å²) in [6, 6.07) is 19.5. The quantitative estimate of drug-likeness (QED) is 0.457. The first-order valence-electron chi connectivity index (χ1n) is 12.8. The fourth-order valence-corrected chi connectivity index (χ4v) is 4.35. The Morgan fingerprint density at radius 1 is 0.895 bits per heavy atom. The Morgan fingerprint density at radius 3 is 2.16 bits per heavy atom. The third-order valence-corrected chi connectivity index (χ3v) is 6.59. The number of halogens is 1. The van der Waals surface area contributed by atoms with Crippen molar-refractivity contribution in [1.82, 2.24) is 5.32 Å². The molecule has 4 rings (SSSR count). The number of benzene rings is 3. The van der Waals surface area contributed by atoms with Crippen LogP contribution >= 0.6 is 0 Å². The van der Waals surface area contributed by atoms with E-state index in [2.05, 4.69) is 26.5 Å². The van der Waals surface area contributed by atoms with Crippen molar-refractivity contribution in [2.24, 2.45) is 5.41 Å². The van der Waals surface area contributed by atoms with E-state index in [9.17, 15) is 14.0 Å². The van der Waals surface area contributed by atoms with Crippen LogP contribution in [0.15, 0.2) is 66.7 Å². The number of carbonyl (C=O) groups is 2. The summed E-state index contributed by atoms with van der Waals surface area (Å²) in [4.78, 5) is 30.5. The van der Waals surface area contributed by atoms with E-state index in [1.807, 2.05) is 51.1 Å². The minimum Gasteiger partial charge on any atom is -0.495 e. The van der Waals surface area contributed by atoms with Crippen LogP contribution in [-0.2, 0) is 11.3 Å². The molecule has 2 amide bonds. The van der Waals surface area contributed by atoms with Crippen LogP contribution in [-0.4, -0.2) is 45.1 Å². The van der Waals surface area contributed by atoms with Gasteiger partial charge in [-0.25, -0.2) is 4.39 Å². The fraction of sp³-hybridized carbons (Fsp3) is 0.333. The number of para-hydroxylation sites is 2. The largest absolute Gasteiger partial charge is 0.495 e. The molecule has 8 heteroatoms. The molecule has 1 saturated heterocycles. The molecule has 0 unspecified atom stereocenters. The van der Waals surface area contributed by atoms with Crippen LogP contribution in [0.5, 0.6) is 5.75 Å². The third kappa shape index (κ3) is 6.43. The number of piperazine rings is 1. The lowest BCUT2D eigenvalue weighted by atomic mass is 9.95. The molecule has 0 spiro atoms. The van der Waals surface area contributed by atoms with E-state index in [1.54, 1.807) is 25.3 Å². The van der Waals surface area contributed by atoms with Gasteiger partial charge in [0.1, 0.15) is 11.6 Å². The average Bonchev–Trinajstić information content (AvgIpc) is 2.92. The highest BCUT2D eigenvalue weighted by atomic mass is 19.1. The smallest absolute Gasteiger partial charge is 0.253 e. The number of methoxy groups -OCH3 is 1. The molecule has 0 bridgehead atoms. The maximum absolute atomic E-state index is 13.4. The Balaban J connectivity index is 1.55. The molecule has 38 heavy (non-hydrogen) atoms. The van der Waals surface area contributed by atoms with Crippen molar-refractivity contribution < 1.29 is 18.7 Å². The van der Waals surface area contributed by atoms with Gasteiger partial charge < -0.3 is 25.2 Å². The molecule has 1 aliphatic heterocycles. The second-order valence-corrected chi connectivity index (χ2v) is 10.4. The standard InChI is InChI=1S/C30H35FN4O3/c1-30(2,3)29(37)33-23-13-14-25(24(19-23)28(36)32-20-21-9-11-22(31)12-10-21)34-15-17-35(18-16-34)26-7-5-6-8-27(26)38-4/h5-14,19H,15-18,20H2,1-4H3,(H,32,36)(H,33,37). The van der Waals surface area contributed by atoms with Crippen molar-refractivity contribution in [1.29, 1.82) is 0 Å². The maximum atomic E-state index is 13.4. The summed E-state index contributed by atoms with van der Waals surface area (Å²) in [5.74, 6) is 0.120. The van der Waals surface area contributed by atoms with Gasteiger partial charge in [0.15, 0.2) is 0 Å². The van der Waals surface area contributed by atoms with E-state index in [0.29, 0.717) is 24.3 Å². The van der Waals surface area contributed by atoms with Gasteiger partial charge in [0.2, 0.25) is 5.91 Å².